The van der Waals surface area contributed by atoms with Crippen molar-refractivity contribution in [1.82, 2.24) is 4.98 Å². The van der Waals surface area contributed by atoms with Gasteiger partial charge in [0.1, 0.15) is 17.0 Å². The van der Waals surface area contributed by atoms with Crippen LogP contribution >= 0.6 is 11.3 Å². The van der Waals surface area contributed by atoms with E-state index in [1.165, 1.54) is 0 Å². The Kier molecular flexibility index (Phi) is 2.86. The highest BCUT2D eigenvalue weighted by Crippen LogP contribution is 2.32. The number of ether oxygens (including phenoxy) is 2. The molecule has 0 aliphatic carbocycles. The Hall–Kier alpha value is -1.33. The molecule has 1 fully saturated rings. The summed E-state index contributed by atoms with van der Waals surface area (Å²) in [7, 11) is 0. The second-order valence-corrected chi connectivity index (χ2v) is 5.10. The predicted octanol–water partition coefficient (Wildman–Crippen LogP) is 2.29. The minimum atomic E-state index is 0.487. The van der Waals surface area contributed by atoms with Gasteiger partial charge in [-0.05, 0) is 18.6 Å². The molecule has 1 aromatic heterocycles. The average Bonchev–Trinajstić information content (AvgIpc) is 2.99. The zero-order valence-corrected chi connectivity index (χ0v) is 10.2. The summed E-state index contributed by atoms with van der Waals surface area (Å²) in [6.45, 7) is 2.30. The van der Waals surface area contributed by atoms with Gasteiger partial charge >= 0.3 is 0 Å². The smallest absolute Gasteiger partial charge is 0.144 e. The van der Waals surface area contributed by atoms with Crippen LogP contribution in [0.15, 0.2) is 17.6 Å². The van der Waals surface area contributed by atoms with Crippen LogP contribution in [0.5, 0.6) is 5.75 Å². The molecular weight excluding hydrogens is 236 g/mol. The molecule has 0 spiro atoms. The number of hydrogen-bond donors (Lipinski definition) is 1. The molecule has 5 heteroatoms. The van der Waals surface area contributed by atoms with E-state index in [1.54, 1.807) is 16.8 Å². The number of anilines is 1. The molecule has 2 aromatic rings. The Morgan fingerprint density at radius 1 is 1.53 bits per heavy atom. The normalized spacial score (nSPS) is 19.9. The number of benzene rings is 1. The van der Waals surface area contributed by atoms with Crippen LogP contribution in [-0.4, -0.2) is 24.8 Å². The molecule has 90 valence electrons. The molecule has 4 nitrogen and oxygen atoms in total. The van der Waals surface area contributed by atoms with Gasteiger partial charge in [0.2, 0.25) is 0 Å². The molecule has 1 aliphatic rings. The van der Waals surface area contributed by atoms with Gasteiger partial charge < -0.3 is 15.2 Å². The fourth-order valence-corrected chi connectivity index (χ4v) is 2.67. The van der Waals surface area contributed by atoms with Crippen molar-refractivity contribution in [1.29, 1.82) is 0 Å². The number of hydrogen-bond acceptors (Lipinski definition) is 5. The van der Waals surface area contributed by atoms with Crippen LogP contribution in [0, 0.1) is 5.92 Å². The van der Waals surface area contributed by atoms with E-state index in [9.17, 15) is 0 Å². The molecular formula is C12H14N2O2S. The van der Waals surface area contributed by atoms with E-state index in [-0.39, 0.29) is 0 Å². The molecule has 0 radical (unpaired) electrons. The fraction of sp³-hybridized carbons (Fsp3) is 0.417. The van der Waals surface area contributed by atoms with E-state index in [1.807, 2.05) is 12.1 Å². The molecule has 0 saturated carbocycles. The SMILES string of the molecule is Nc1c(OCC2CCOC2)ccc2scnc12. The van der Waals surface area contributed by atoms with Crippen molar-refractivity contribution in [2.45, 2.75) is 6.42 Å². The van der Waals surface area contributed by atoms with Crippen molar-refractivity contribution in [3.63, 3.8) is 0 Å². The third kappa shape index (κ3) is 2.08. The monoisotopic (exact) mass is 250 g/mol. The fourth-order valence-electron chi connectivity index (χ4n) is 1.98. The number of nitrogens with two attached hydrogens (primary N) is 1. The van der Waals surface area contributed by atoms with Crippen LogP contribution in [0.3, 0.4) is 0 Å². The van der Waals surface area contributed by atoms with Crippen LogP contribution in [0.2, 0.25) is 0 Å². The first kappa shape index (κ1) is 10.8. The standard InChI is InChI=1S/C12H14N2O2S/c13-11-9(16-6-8-3-4-15-5-8)1-2-10-12(11)14-7-17-10/h1-2,7-8H,3-6,13H2. The number of rotatable bonds is 3. The summed E-state index contributed by atoms with van der Waals surface area (Å²) in [4.78, 5) is 4.25. The second kappa shape index (κ2) is 4.50. The second-order valence-electron chi connectivity index (χ2n) is 4.22. The summed E-state index contributed by atoms with van der Waals surface area (Å²) in [5, 5.41) is 0. The van der Waals surface area contributed by atoms with E-state index in [2.05, 4.69) is 4.98 Å². The predicted molar refractivity (Wildman–Crippen MR) is 68.5 cm³/mol. The highest BCUT2D eigenvalue weighted by Gasteiger charge is 2.17. The zero-order chi connectivity index (χ0) is 11.7. The Balaban J connectivity index is 1.77. The lowest BCUT2D eigenvalue weighted by Gasteiger charge is -2.12. The maximum Gasteiger partial charge on any atom is 0.144 e. The van der Waals surface area contributed by atoms with Crippen LogP contribution < -0.4 is 10.5 Å². The van der Waals surface area contributed by atoms with Crippen molar-refractivity contribution in [3.05, 3.63) is 17.6 Å². The number of fused-ring (bicyclic) bond motifs is 1. The Labute approximate surface area is 103 Å². The summed E-state index contributed by atoms with van der Waals surface area (Å²) in [6, 6.07) is 3.93. The van der Waals surface area contributed by atoms with Gasteiger partial charge in [0.25, 0.3) is 0 Å². The molecule has 3 rings (SSSR count). The van der Waals surface area contributed by atoms with Gasteiger partial charge in [0, 0.05) is 12.5 Å². The summed E-state index contributed by atoms with van der Waals surface area (Å²) in [5.74, 6) is 1.22. The molecule has 0 amide bonds. The molecule has 2 heterocycles. The Morgan fingerprint density at radius 2 is 2.47 bits per heavy atom. The van der Waals surface area contributed by atoms with Crippen molar-refractivity contribution >= 4 is 27.2 Å². The highest BCUT2D eigenvalue weighted by molar-refractivity contribution is 7.16. The summed E-state index contributed by atoms with van der Waals surface area (Å²) >= 11 is 1.59. The van der Waals surface area contributed by atoms with Gasteiger partial charge in [-0.2, -0.15) is 0 Å². The number of nitrogens with zero attached hydrogens (tertiary/aromatic N) is 1. The molecule has 17 heavy (non-hydrogen) atoms. The zero-order valence-electron chi connectivity index (χ0n) is 9.39. The van der Waals surface area contributed by atoms with Crippen LogP contribution in [0.4, 0.5) is 5.69 Å². The minimum absolute atomic E-state index is 0.487. The van der Waals surface area contributed by atoms with E-state index < -0.39 is 0 Å². The van der Waals surface area contributed by atoms with Crippen LogP contribution in [0.25, 0.3) is 10.2 Å². The van der Waals surface area contributed by atoms with Crippen molar-refractivity contribution < 1.29 is 9.47 Å². The van der Waals surface area contributed by atoms with Crippen LogP contribution in [0.1, 0.15) is 6.42 Å². The third-order valence-electron chi connectivity index (χ3n) is 3.00. The van der Waals surface area contributed by atoms with Gasteiger partial charge in [-0.1, -0.05) is 0 Å². The molecule has 1 saturated heterocycles. The van der Waals surface area contributed by atoms with E-state index >= 15 is 0 Å². The first-order valence-electron chi connectivity index (χ1n) is 5.67. The van der Waals surface area contributed by atoms with E-state index in [0.29, 0.717) is 18.2 Å². The summed E-state index contributed by atoms with van der Waals surface area (Å²) in [6.07, 6.45) is 1.07. The average molecular weight is 250 g/mol. The molecule has 1 aliphatic heterocycles. The highest BCUT2D eigenvalue weighted by atomic mass is 32.1. The van der Waals surface area contributed by atoms with Gasteiger partial charge in [-0.3, -0.25) is 0 Å². The minimum Gasteiger partial charge on any atom is -0.491 e. The topological polar surface area (TPSA) is 57.4 Å². The lowest BCUT2D eigenvalue weighted by atomic mass is 10.1. The first-order valence-corrected chi connectivity index (χ1v) is 6.55. The van der Waals surface area contributed by atoms with Crippen molar-refractivity contribution in [2.75, 3.05) is 25.6 Å². The first-order chi connectivity index (χ1) is 8.34. The van der Waals surface area contributed by atoms with Gasteiger partial charge in [-0.15, -0.1) is 11.3 Å². The number of thiazole rings is 1. The lowest BCUT2D eigenvalue weighted by molar-refractivity contribution is 0.167. The van der Waals surface area contributed by atoms with E-state index in [0.717, 1.165) is 35.6 Å². The number of aromatic nitrogens is 1. The molecule has 1 atom stereocenters. The van der Waals surface area contributed by atoms with E-state index in [4.69, 9.17) is 15.2 Å². The molecule has 1 unspecified atom stereocenters. The quantitative estimate of drug-likeness (QED) is 0.849. The summed E-state index contributed by atoms with van der Waals surface area (Å²) in [5.41, 5.74) is 9.32. The molecule has 2 N–H and O–H groups in total. The lowest BCUT2D eigenvalue weighted by Crippen LogP contribution is -2.12. The third-order valence-corrected chi connectivity index (χ3v) is 3.79. The van der Waals surface area contributed by atoms with Crippen molar-refractivity contribution in [2.24, 2.45) is 5.92 Å². The maximum atomic E-state index is 6.04. The van der Waals surface area contributed by atoms with Crippen LogP contribution in [-0.2, 0) is 4.74 Å². The number of nitrogen functional groups attached to an aromatic ring is 1. The molecule has 1 aromatic carbocycles. The molecule has 0 bridgehead atoms. The Bertz CT molecular complexity index is 520. The largest absolute Gasteiger partial charge is 0.491 e. The maximum absolute atomic E-state index is 6.04. The van der Waals surface area contributed by atoms with Crippen molar-refractivity contribution in [3.8, 4) is 5.75 Å². The Morgan fingerprint density at radius 3 is 3.29 bits per heavy atom. The van der Waals surface area contributed by atoms with Gasteiger partial charge in [0.05, 0.1) is 23.4 Å². The summed E-state index contributed by atoms with van der Waals surface area (Å²) < 4.78 is 12.2. The van der Waals surface area contributed by atoms with Gasteiger partial charge in [0.15, 0.2) is 0 Å². The van der Waals surface area contributed by atoms with Gasteiger partial charge in [-0.25, -0.2) is 4.98 Å².